The molecule has 2 N–H and O–H groups in total. The lowest BCUT2D eigenvalue weighted by molar-refractivity contribution is 0.129. The largest absolute Gasteiger partial charge is 0.379 e. The van der Waals surface area contributed by atoms with E-state index in [2.05, 4.69) is 15.6 Å². The van der Waals surface area contributed by atoms with E-state index in [0.717, 1.165) is 37.1 Å². The predicted octanol–water partition coefficient (Wildman–Crippen LogP) is 2.93. The zero-order chi connectivity index (χ0) is 14.9. The standard InChI is InChI=1S/C16H24FN3O.HI/c1-2-18-16(19-9-10-21-12-14-3-4-14)20-11-13-5-7-15(17)8-6-13;/h5-8,14H,2-4,9-12H2,1H3,(H2,18,19,20);1H. The minimum Gasteiger partial charge on any atom is -0.379 e. The summed E-state index contributed by atoms with van der Waals surface area (Å²) in [6.07, 6.45) is 2.63. The van der Waals surface area contributed by atoms with Crippen LogP contribution in [0.5, 0.6) is 0 Å². The fourth-order valence-corrected chi connectivity index (χ4v) is 1.88. The number of hydrogen-bond acceptors (Lipinski definition) is 2. The highest BCUT2D eigenvalue weighted by molar-refractivity contribution is 14.0. The molecule has 0 radical (unpaired) electrons. The topological polar surface area (TPSA) is 45.7 Å². The molecule has 1 fully saturated rings. The summed E-state index contributed by atoms with van der Waals surface area (Å²) >= 11 is 0. The van der Waals surface area contributed by atoms with Gasteiger partial charge in [-0.1, -0.05) is 12.1 Å². The predicted molar refractivity (Wildman–Crippen MR) is 98.2 cm³/mol. The van der Waals surface area contributed by atoms with Crippen LogP contribution >= 0.6 is 24.0 Å². The SMILES string of the molecule is CCNC(=NCc1ccc(F)cc1)NCCOCC1CC1.I. The van der Waals surface area contributed by atoms with Gasteiger partial charge >= 0.3 is 0 Å². The molecule has 1 aliphatic rings. The van der Waals surface area contributed by atoms with Gasteiger partial charge in [0.1, 0.15) is 5.82 Å². The number of nitrogens with zero attached hydrogens (tertiary/aromatic N) is 1. The van der Waals surface area contributed by atoms with Crippen molar-refractivity contribution in [1.29, 1.82) is 0 Å². The summed E-state index contributed by atoms with van der Waals surface area (Å²) in [5.41, 5.74) is 0.985. The van der Waals surface area contributed by atoms with E-state index < -0.39 is 0 Å². The molecule has 0 saturated heterocycles. The summed E-state index contributed by atoms with van der Waals surface area (Å²) in [5, 5.41) is 6.42. The van der Waals surface area contributed by atoms with Gasteiger partial charge in [-0.25, -0.2) is 9.38 Å². The van der Waals surface area contributed by atoms with Crippen LogP contribution < -0.4 is 10.6 Å². The quantitative estimate of drug-likeness (QED) is 0.294. The zero-order valence-corrected chi connectivity index (χ0v) is 15.3. The highest BCUT2D eigenvalue weighted by Crippen LogP contribution is 2.28. The molecule has 0 heterocycles. The van der Waals surface area contributed by atoms with E-state index in [9.17, 15) is 4.39 Å². The van der Waals surface area contributed by atoms with Crippen LogP contribution in [-0.2, 0) is 11.3 Å². The first kappa shape index (κ1) is 19.2. The number of ether oxygens (including phenoxy) is 1. The number of halogens is 2. The molecule has 0 aliphatic heterocycles. The number of guanidine groups is 1. The minimum absolute atomic E-state index is 0. The number of rotatable bonds is 8. The summed E-state index contributed by atoms with van der Waals surface area (Å²) < 4.78 is 18.4. The highest BCUT2D eigenvalue weighted by atomic mass is 127. The monoisotopic (exact) mass is 421 g/mol. The molecule has 1 aromatic rings. The number of benzene rings is 1. The van der Waals surface area contributed by atoms with Crippen molar-refractivity contribution in [2.45, 2.75) is 26.3 Å². The van der Waals surface area contributed by atoms with E-state index in [1.807, 2.05) is 6.92 Å². The Morgan fingerprint density at radius 3 is 2.64 bits per heavy atom. The van der Waals surface area contributed by atoms with Gasteiger partial charge in [-0.3, -0.25) is 0 Å². The lowest BCUT2D eigenvalue weighted by atomic mass is 10.2. The second kappa shape index (κ2) is 10.8. The maximum Gasteiger partial charge on any atom is 0.191 e. The molecule has 0 spiro atoms. The van der Waals surface area contributed by atoms with Gasteiger partial charge in [0.15, 0.2) is 5.96 Å². The van der Waals surface area contributed by atoms with E-state index >= 15 is 0 Å². The lowest BCUT2D eigenvalue weighted by Gasteiger charge is -2.11. The van der Waals surface area contributed by atoms with Gasteiger partial charge in [-0.2, -0.15) is 0 Å². The Morgan fingerprint density at radius 1 is 1.27 bits per heavy atom. The third kappa shape index (κ3) is 7.93. The average molecular weight is 421 g/mol. The molecule has 1 aliphatic carbocycles. The molecule has 0 atom stereocenters. The second-order valence-electron chi connectivity index (χ2n) is 5.27. The molecule has 0 amide bonds. The van der Waals surface area contributed by atoms with Crippen LogP contribution in [0.4, 0.5) is 4.39 Å². The molecule has 1 saturated carbocycles. The maximum absolute atomic E-state index is 12.8. The van der Waals surface area contributed by atoms with Crippen molar-refractivity contribution >= 4 is 29.9 Å². The molecule has 2 rings (SSSR count). The van der Waals surface area contributed by atoms with Crippen LogP contribution in [0.1, 0.15) is 25.3 Å². The molecule has 6 heteroatoms. The first-order valence-corrected chi connectivity index (χ1v) is 7.62. The van der Waals surface area contributed by atoms with Crippen LogP contribution in [0.15, 0.2) is 29.3 Å². The Hall–Kier alpha value is -0.890. The molecule has 0 aromatic heterocycles. The fraction of sp³-hybridized carbons (Fsp3) is 0.562. The molecule has 4 nitrogen and oxygen atoms in total. The molecular weight excluding hydrogens is 396 g/mol. The highest BCUT2D eigenvalue weighted by Gasteiger charge is 2.20. The Labute approximate surface area is 148 Å². The summed E-state index contributed by atoms with van der Waals surface area (Å²) in [6, 6.07) is 6.41. The smallest absolute Gasteiger partial charge is 0.191 e. The molecular formula is C16H25FIN3O. The second-order valence-corrected chi connectivity index (χ2v) is 5.27. The normalized spacial score (nSPS) is 14.4. The summed E-state index contributed by atoms with van der Waals surface area (Å²) in [6.45, 7) is 5.67. The summed E-state index contributed by atoms with van der Waals surface area (Å²) in [5.74, 6) is 1.34. The maximum atomic E-state index is 12.8. The molecule has 0 unspecified atom stereocenters. The number of hydrogen-bond donors (Lipinski definition) is 2. The number of nitrogens with one attached hydrogen (secondary N) is 2. The van der Waals surface area contributed by atoms with Crippen LogP contribution in [0, 0.1) is 11.7 Å². The van der Waals surface area contributed by atoms with Crippen LogP contribution in [-0.4, -0.2) is 32.3 Å². The first-order valence-electron chi connectivity index (χ1n) is 7.62. The van der Waals surface area contributed by atoms with Crippen molar-refractivity contribution in [3.8, 4) is 0 Å². The van der Waals surface area contributed by atoms with E-state index in [1.165, 1.54) is 25.0 Å². The van der Waals surface area contributed by atoms with Crippen LogP contribution in [0.2, 0.25) is 0 Å². The molecule has 1 aromatic carbocycles. The fourth-order valence-electron chi connectivity index (χ4n) is 1.88. The summed E-state index contributed by atoms with van der Waals surface area (Å²) in [4.78, 5) is 4.47. The lowest BCUT2D eigenvalue weighted by Crippen LogP contribution is -2.39. The Bertz CT molecular complexity index is 449. The zero-order valence-electron chi connectivity index (χ0n) is 13.0. The van der Waals surface area contributed by atoms with Gasteiger partial charge in [-0.05, 0) is 43.4 Å². The van der Waals surface area contributed by atoms with Crippen molar-refractivity contribution in [1.82, 2.24) is 10.6 Å². The Balaban J connectivity index is 0.00000242. The van der Waals surface area contributed by atoms with Crippen LogP contribution in [0.25, 0.3) is 0 Å². The van der Waals surface area contributed by atoms with Gasteiger partial charge < -0.3 is 15.4 Å². The first-order chi connectivity index (χ1) is 10.3. The number of aliphatic imine (C=N–C) groups is 1. The molecule has 22 heavy (non-hydrogen) atoms. The van der Waals surface area contributed by atoms with Crippen LogP contribution in [0.3, 0.4) is 0 Å². The van der Waals surface area contributed by atoms with Crippen molar-refractivity contribution < 1.29 is 9.13 Å². The molecule has 124 valence electrons. The minimum atomic E-state index is -0.222. The van der Waals surface area contributed by atoms with E-state index in [4.69, 9.17) is 4.74 Å². The van der Waals surface area contributed by atoms with Gasteiger partial charge in [0.05, 0.1) is 13.2 Å². The van der Waals surface area contributed by atoms with Crippen molar-refractivity contribution in [2.24, 2.45) is 10.9 Å². The van der Waals surface area contributed by atoms with E-state index in [0.29, 0.717) is 13.2 Å². The van der Waals surface area contributed by atoms with Crippen molar-refractivity contribution in [2.75, 3.05) is 26.3 Å². The van der Waals surface area contributed by atoms with Gasteiger partial charge in [0.25, 0.3) is 0 Å². The van der Waals surface area contributed by atoms with E-state index in [-0.39, 0.29) is 29.8 Å². The Morgan fingerprint density at radius 2 is 2.00 bits per heavy atom. The van der Waals surface area contributed by atoms with Crippen molar-refractivity contribution in [3.05, 3.63) is 35.6 Å². The summed E-state index contributed by atoms with van der Waals surface area (Å²) in [7, 11) is 0. The van der Waals surface area contributed by atoms with E-state index in [1.54, 1.807) is 12.1 Å². The van der Waals surface area contributed by atoms with Crippen molar-refractivity contribution in [3.63, 3.8) is 0 Å². The Kier molecular flexibility index (Phi) is 9.38. The molecule has 0 bridgehead atoms. The van der Waals surface area contributed by atoms with Gasteiger partial charge in [0, 0.05) is 19.7 Å². The average Bonchev–Trinajstić information content (AvgIpc) is 3.30. The third-order valence-electron chi connectivity index (χ3n) is 3.27. The van der Waals surface area contributed by atoms with Gasteiger partial charge in [-0.15, -0.1) is 24.0 Å². The third-order valence-corrected chi connectivity index (χ3v) is 3.27. The van der Waals surface area contributed by atoms with Gasteiger partial charge in [0.2, 0.25) is 0 Å².